The number of alkyl halides is 3. The summed E-state index contributed by atoms with van der Waals surface area (Å²) in [5.41, 5.74) is 0.766. The quantitative estimate of drug-likeness (QED) is 0.780. The fourth-order valence-corrected chi connectivity index (χ4v) is 1.97. The molecule has 0 saturated heterocycles. The maximum atomic E-state index is 12.6. The van der Waals surface area contributed by atoms with E-state index in [4.69, 9.17) is 0 Å². The molecule has 0 fully saturated rings. The molecule has 1 aromatic carbocycles. The Balaban J connectivity index is 1.78. The molecule has 0 aliphatic heterocycles. The third kappa shape index (κ3) is 2.92. The van der Waals surface area contributed by atoms with E-state index < -0.39 is 12.0 Å². The van der Waals surface area contributed by atoms with Gasteiger partial charge < -0.3 is 14.9 Å². The molecule has 2 aromatic heterocycles. The summed E-state index contributed by atoms with van der Waals surface area (Å²) in [6.07, 6.45) is 0.132. The van der Waals surface area contributed by atoms with E-state index in [9.17, 15) is 18.0 Å². The van der Waals surface area contributed by atoms with Crippen LogP contribution in [0, 0.1) is 0 Å². The van der Waals surface area contributed by atoms with Crippen molar-refractivity contribution in [3.63, 3.8) is 0 Å². The lowest BCUT2D eigenvalue weighted by molar-refractivity contribution is -0.144. The van der Waals surface area contributed by atoms with Gasteiger partial charge >= 0.3 is 6.18 Å². The van der Waals surface area contributed by atoms with Crippen molar-refractivity contribution in [2.24, 2.45) is 0 Å². The number of anilines is 1. The first-order chi connectivity index (χ1) is 10.4. The third-order valence-electron chi connectivity index (χ3n) is 2.92. The number of fused-ring (bicyclic) bond motifs is 1. The number of hydrogen-bond acceptors (Lipinski definition) is 3. The lowest BCUT2D eigenvalue weighted by atomic mass is 10.2. The summed E-state index contributed by atoms with van der Waals surface area (Å²) in [5, 5.41) is 2.60. The molecule has 22 heavy (non-hydrogen) atoms. The fourth-order valence-electron chi connectivity index (χ4n) is 1.97. The van der Waals surface area contributed by atoms with E-state index in [0.717, 1.165) is 0 Å². The number of carbonyl (C=O) groups excluding carboxylic acids is 1. The zero-order valence-electron chi connectivity index (χ0n) is 11.1. The van der Waals surface area contributed by atoms with Gasteiger partial charge in [0.1, 0.15) is 6.54 Å². The van der Waals surface area contributed by atoms with Crippen molar-refractivity contribution in [2.75, 3.05) is 5.32 Å². The molecule has 0 bridgehead atoms. The molecule has 0 aliphatic carbocycles. The molecule has 3 aromatic rings. The Kier molecular flexibility index (Phi) is 3.32. The largest absolute Gasteiger partial charge is 0.449 e. The molecule has 0 unspecified atom stereocenters. The number of halogens is 3. The molecule has 3 rings (SSSR count). The summed E-state index contributed by atoms with van der Waals surface area (Å²) in [4.78, 5) is 21.3. The first kappa shape index (κ1) is 14.1. The summed E-state index contributed by atoms with van der Waals surface area (Å²) < 4.78 is 39.3. The highest BCUT2D eigenvalue weighted by molar-refractivity contribution is 5.92. The SMILES string of the molecule is O=C(Cn1ccnc1)Nc1ccc2nc(C(F)(F)F)[nH]c2c1. The van der Waals surface area contributed by atoms with Crippen LogP contribution >= 0.6 is 0 Å². The average molecular weight is 309 g/mol. The lowest BCUT2D eigenvalue weighted by Gasteiger charge is -2.05. The van der Waals surface area contributed by atoms with Crippen molar-refractivity contribution in [3.05, 3.63) is 42.7 Å². The average Bonchev–Trinajstić information content (AvgIpc) is 3.06. The molecule has 114 valence electrons. The second-order valence-electron chi connectivity index (χ2n) is 4.60. The van der Waals surface area contributed by atoms with Crippen LogP contribution in [0.3, 0.4) is 0 Å². The van der Waals surface area contributed by atoms with Crippen LogP contribution in [0.1, 0.15) is 5.82 Å². The summed E-state index contributed by atoms with van der Waals surface area (Å²) in [6.45, 7) is 0.0643. The van der Waals surface area contributed by atoms with Crippen molar-refractivity contribution in [1.82, 2.24) is 19.5 Å². The van der Waals surface area contributed by atoms with Gasteiger partial charge in [0.15, 0.2) is 0 Å². The molecular weight excluding hydrogens is 299 g/mol. The van der Waals surface area contributed by atoms with Crippen LogP contribution in [0.25, 0.3) is 11.0 Å². The smallest absolute Gasteiger partial charge is 0.334 e. The maximum absolute atomic E-state index is 12.6. The molecule has 0 atom stereocenters. The van der Waals surface area contributed by atoms with Gasteiger partial charge in [-0.15, -0.1) is 0 Å². The first-order valence-corrected chi connectivity index (χ1v) is 6.24. The summed E-state index contributed by atoms with van der Waals surface area (Å²) in [5.74, 6) is -1.38. The highest BCUT2D eigenvalue weighted by Crippen LogP contribution is 2.29. The van der Waals surface area contributed by atoms with Gasteiger partial charge in [-0.05, 0) is 18.2 Å². The van der Waals surface area contributed by atoms with Gasteiger partial charge in [0.05, 0.1) is 17.4 Å². The van der Waals surface area contributed by atoms with Gasteiger partial charge in [-0.25, -0.2) is 9.97 Å². The van der Waals surface area contributed by atoms with Crippen LogP contribution in [0.4, 0.5) is 18.9 Å². The highest BCUT2D eigenvalue weighted by atomic mass is 19.4. The molecule has 0 aliphatic rings. The van der Waals surface area contributed by atoms with Gasteiger partial charge in [-0.1, -0.05) is 0 Å². The molecule has 0 saturated carbocycles. The van der Waals surface area contributed by atoms with Gasteiger partial charge in [0, 0.05) is 18.1 Å². The fraction of sp³-hybridized carbons (Fsp3) is 0.154. The van der Waals surface area contributed by atoms with E-state index in [0.29, 0.717) is 5.69 Å². The Labute approximate surface area is 122 Å². The summed E-state index contributed by atoms with van der Waals surface area (Å²) in [6, 6.07) is 4.31. The Morgan fingerprint density at radius 2 is 2.18 bits per heavy atom. The van der Waals surface area contributed by atoms with Gasteiger partial charge in [-0.3, -0.25) is 4.79 Å². The number of amides is 1. The molecule has 2 heterocycles. The number of nitrogens with zero attached hydrogens (tertiary/aromatic N) is 3. The molecule has 0 radical (unpaired) electrons. The van der Waals surface area contributed by atoms with Crippen molar-refractivity contribution < 1.29 is 18.0 Å². The summed E-state index contributed by atoms with van der Waals surface area (Å²) in [7, 11) is 0. The highest BCUT2D eigenvalue weighted by Gasteiger charge is 2.34. The zero-order valence-corrected chi connectivity index (χ0v) is 11.1. The summed E-state index contributed by atoms with van der Waals surface area (Å²) >= 11 is 0. The van der Waals surface area contributed by atoms with Crippen molar-refractivity contribution in [1.29, 1.82) is 0 Å². The Morgan fingerprint density at radius 3 is 2.86 bits per heavy atom. The van der Waals surface area contributed by atoms with E-state index in [1.807, 2.05) is 0 Å². The number of hydrogen-bond donors (Lipinski definition) is 2. The topological polar surface area (TPSA) is 75.6 Å². The van der Waals surface area contributed by atoms with E-state index in [1.165, 1.54) is 24.5 Å². The number of aromatic nitrogens is 4. The van der Waals surface area contributed by atoms with Crippen LogP contribution in [0.15, 0.2) is 36.9 Å². The maximum Gasteiger partial charge on any atom is 0.449 e. The van der Waals surface area contributed by atoms with Crippen molar-refractivity contribution in [3.8, 4) is 0 Å². The third-order valence-corrected chi connectivity index (χ3v) is 2.92. The van der Waals surface area contributed by atoms with Gasteiger partial charge in [-0.2, -0.15) is 13.2 Å². The normalized spacial score (nSPS) is 11.8. The number of aromatic amines is 1. The zero-order chi connectivity index (χ0) is 15.7. The van der Waals surface area contributed by atoms with E-state index in [1.54, 1.807) is 17.0 Å². The number of nitrogens with one attached hydrogen (secondary N) is 2. The number of H-pyrrole nitrogens is 1. The minimum Gasteiger partial charge on any atom is -0.334 e. The molecule has 9 heteroatoms. The second-order valence-corrected chi connectivity index (χ2v) is 4.60. The minimum atomic E-state index is -4.54. The van der Waals surface area contributed by atoms with Crippen LogP contribution in [0.5, 0.6) is 0 Å². The van der Waals surface area contributed by atoms with Gasteiger partial charge in [0.2, 0.25) is 11.7 Å². The standard InChI is InChI=1S/C13H10F3N5O/c14-13(15,16)12-19-9-2-1-8(5-10(9)20-12)18-11(22)6-21-4-3-17-7-21/h1-5,7H,6H2,(H,18,22)(H,19,20). The minimum absolute atomic E-state index is 0.0643. The lowest BCUT2D eigenvalue weighted by Crippen LogP contribution is -2.17. The Hall–Kier alpha value is -2.84. The van der Waals surface area contributed by atoms with E-state index >= 15 is 0 Å². The van der Waals surface area contributed by atoms with E-state index in [2.05, 4.69) is 20.3 Å². The Bertz CT molecular complexity index is 807. The second kappa shape index (κ2) is 5.17. The number of benzene rings is 1. The molecule has 2 N–H and O–H groups in total. The van der Waals surface area contributed by atoms with Crippen molar-refractivity contribution in [2.45, 2.75) is 12.7 Å². The van der Waals surface area contributed by atoms with Gasteiger partial charge in [0.25, 0.3) is 0 Å². The monoisotopic (exact) mass is 309 g/mol. The van der Waals surface area contributed by atoms with E-state index in [-0.39, 0.29) is 23.5 Å². The Morgan fingerprint density at radius 1 is 1.36 bits per heavy atom. The predicted octanol–water partition coefficient (Wildman–Crippen LogP) is 2.42. The molecule has 1 amide bonds. The van der Waals surface area contributed by atoms with Crippen molar-refractivity contribution >= 4 is 22.6 Å². The molecule has 0 spiro atoms. The number of rotatable bonds is 3. The number of carbonyl (C=O) groups is 1. The van der Waals surface area contributed by atoms with Crippen LogP contribution in [-0.4, -0.2) is 25.4 Å². The molecular formula is C13H10F3N5O. The van der Waals surface area contributed by atoms with Crippen LogP contribution in [0.2, 0.25) is 0 Å². The first-order valence-electron chi connectivity index (χ1n) is 6.24. The van der Waals surface area contributed by atoms with Crippen LogP contribution in [-0.2, 0) is 17.5 Å². The predicted molar refractivity (Wildman–Crippen MR) is 72.0 cm³/mol. The van der Waals surface area contributed by atoms with Crippen LogP contribution < -0.4 is 5.32 Å². The number of imidazole rings is 2. The molecule has 6 nitrogen and oxygen atoms in total.